The predicted octanol–water partition coefficient (Wildman–Crippen LogP) is 3.82. The highest BCUT2D eigenvalue weighted by molar-refractivity contribution is 9.10. The molecule has 0 radical (unpaired) electrons. The second-order valence-electron chi connectivity index (χ2n) is 5.03. The van der Waals surface area contributed by atoms with Crippen molar-refractivity contribution < 1.29 is 0 Å². The van der Waals surface area contributed by atoms with Gasteiger partial charge in [-0.3, -0.25) is 4.99 Å². The molecule has 23 heavy (non-hydrogen) atoms. The molecule has 2 aromatic rings. The fraction of sp³-hybridized carbons (Fsp3) is 0.375. The van der Waals surface area contributed by atoms with Gasteiger partial charge in [-0.2, -0.15) is 0 Å². The summed E-state index contributed by atoms with van der Waals surface area (Å²) in [6.07, 6.45) is 3.68. The molecule has 0 aliphatic heterocycles. The van der Waals surface area contributed by atoms with Crippen molar-refractivity contribution in [2.24, 2.45) is 4.99 Å². The van der Waals surface area contributed by atoms with E-state index in [2.05, 4.69) is 43.5 Å². The lowest BCUT2D eigenvalue weighted by Gasteiger charge is -2.12. The molecule has 0 fully saturated rings. The Kier molecular flexibility index (Phi) is 7.33. The summed E-state index contributed by atoms with van der Waals surface area (Å²) in [4.78, 5) is 9.84. The fourth-order valence-corrected chi connectivity index (χ4v) is 3.50. The number of aliphatic imine (C=N–C) groups is 1. The van der Waals surface area contributed by atoms with Crippen molar-refractivity contribution >= 4 is 44.8 Å². The molecular formula is C16H20BrClN4S. The van der Waals surface area contributed by atoms with Crippen LogP contribution in [0.1, 0.15) is 15.4 Å². The van der Waals surface area contributed by atoms with E-state index < -0.39 is 0 Å². The molecule has 0 aliphatic rings. The molecule has 0 unspecified atom stereocenters. The summed E-state index contributed by atoms with van der Waals surface area (Å²) >= 11 is 11.3. The number of hydrogen-bond donors (Lipinski definition) is 2. The minimum absolute atomic E-state index is 0.754. The number of guanidine groups is 1. The molecule has 2 N–H and O–H groups in total. The van der Waals surface area contributed by atoms with E-state index in [-0.39, 0.29) is 0 Å². The van der Waals surface area contributed by atoms with E-state index in [1.165, 1.54) is 10.4 Å². The van der Waals surface area contributed by atoms with Crippen LogP contribution in [0.15, 0.2) is 33.9 Å². The van der Waals surface area contributed by atoms with Crippen LogP contribution in [0.3, 0.4) is 0 Å². The SMILES string of the molecule is CN=C(NCCc1ncc(C)s1)NCCc1cc(Cl)ccc1Br. The zero-order valence-corrected chi connectivity index (χ0v) is 16.4. The smallest absolute Gasteiger partial charge is 0.191 e. The highest BCUT2D eigenvalue weighted by Crippen LogP contribution is 2.21. The molecule has 1 heterocycles. The third-order valence-electron chi connectivity index (χ3n) is 3.22. The van der Waals surface area contributed by atoms with E-state index in [4.69, 9.17) is 11.6 Å². The molecule has 4 nitrogen and oxygen atoms in total. The lowest BCUT2D eigenvalue weighted by Crippen LogP contribution is -2.39. The fourth-order valence-electron chi connectivity index (χ4n) is 2.08. The molecule has 7 heteroatoms. The minimum atomic E-state index is 0.754. The van der Waals surface area contributed by atoms with Gasteiger partial charge in [0, 0.05) is 47.1 Å². The topological polar surface area (TPSA) is 49.3 Å². The molecule has 0 saturated carbocycles. The van der Waals surface area contributed by atoms with Crippen LogP contribution >= 0.6 is 38.9 Å². The van der Waals surface area contributed by atoms with Gasteiger partial charge in [-0.25, -0.2) is 4.98 Å². The van der Waals surface area contributed by atoms with Crippen molar-refractivity contribution in [1.82, 2.24) is 15.6 Å². The lowest BCUT2D eigenvalue weighted by atomic mass is 10.1. The molecule has 0 bridgehead atoms. The summed E-state index contributed by atoms with van der Waals surface area (Å²) in [6.45, 7) is 3.67. The summed E-state index contributed by atoms with van der Waals surface area (Å²) in [5.74, 6) is 0.802. The third-order valence-corrected chi connectivity index (χ3v) is 5.20. The van der Waals surface area contributed by atoms with Gasteiger partial charge in [-0.15, -0.1) is 11.3 Å². The van der Waals surface area contributed by atoms with Crippen molar-refractivity contribution in [3.05, 3.63) is 49.3 Å². The Bertz CT molecular complexity index is 672. The Morgan fingerprint density at radius 3 is 2.70 bits per heavy atom. The molecule has 1 aromatic carbocycles. The van der Waals surface area contributed by atoms with Crippen LogP contribution in [-0.4, -0.2) is 31.1 Å². The highest BCUT2D eigenvalue weighted by atomic mass is 79.9. The number of thiazole rings is 1. The van der Waals surface area contributed by atoms with E-state index in [1.54, 1.807) is 18.4 Å². The number of benzene rings is 1. The van der Waals surface area contributed by atoms with Crippen molar-refractivity contribution in [2.75, 3.05) is 20.1 Å². The van der Waals surface area contributed by atoms with Gasteiger partial charge in [0.05, 0.1) is 5.01 Å². The second-order valence-corrected chi connectivity index (χ2v) is 7.64. The van der Waals surface area contributed by atoms with Crippen LogP contribution in [0.4, 0.5) is 0 Å². The first-order valence-corrected chi connectivity index (χ1v) is 9.37. The maximum atomic E-state index is 6.03. The average molecular weight is 416 g/mol. The maximum absolute atomic E-state index is 6.03. The Morgan fingerprint density at radius 2 is 2.04 bits per heavy atom. The number of aryl methyl sites for hydroxylation is 1. The highest BCUT2D eigenvalue weighted by Gasteiger charge is 2.03. The molecule has 2 rings (SSSR count). The number of nitrogens with one attached hydrogen (secondary N) is 2. The average Bonchev–Trinajstić information content (AvgIpc) is 2.94. The minimum Gasteiger partial charge on any atom is -0.356 e. The van der Waals surface area contributed by atoms with Crippen LogP contribution < -0.4 is 10.6 Å². The van der Waals surface area contributed by atoms with E-state index in [0.717, 1.165) is 46.4 Å². The van der Waals surface area contributed by atoms with Gasteiger partial charge in [0.15, 0.2) is 5.96 Å². The van der Waals surface area contributed by atoms with Gasteiger partial charge in [-0.1, -0.05) is 27.5 Å². The van der Waals surface area contributed by atoms with Crippen LogP contribution in [0, 0.1) is 6.92 Å². The van der Waals surface area contributed by atoms with E-state index >= 15 is 0 Å². The van der Waals surface area contributed by atoms with Gasteiger partial charge in [-0.05, 0) is 37.1 Å². The second kappa shape index (κ2) is 9.25. The third kappa shape index (κ3) is 6.12. The largest absolute Gasteiger partial charge is 0.356 e. The van der Waals surface area contributed by atoms with Crippen LogP contribution in [-0.2, 0) is 12.8 Å². The number of hydrogen-bond acceptors (Lipinski definition) is 3. The lowest BCUT2D eigenvalue weighted by molar-refractivity contribution is 0.781. The van der Waals surface area contributed by atoms with E-state index in [0.29, 0.717) is 0 Å². The van der Waals surface area contributed by atoms with Crippen LogP contribution in [0.5, 0.6) is 0 Å². The summed E-state index contributed by atoms with van der Waals surface area (Å²) < 4.78 is 1.07. The van der Waals surface area contributed by atoms with Crippen molar-refractivity contribution in [1.29, 1.82) is 0 Å². The number of halogens is 2. The molecule has 1 aromatic heterocycles. The number of nitrogens with zero attached hydrogens (tertiary/aromatic N) is 2. The Labute approximate surface area is 154 Å². The van der Waals surface area contributed by atoms with Gasteiger partial charge in [0.2, 0.25) is 0 Å². The predicted molar refractivity (Wildman–Crippen MR) is 103 cm³/mol. The standard InChI is InChI=1S/C16H20BrClN4S/c1-11-10-22-15(23-11)6-8-21-16(19-2)20-7-5-12-9-13(18)3-4-14(12)17/h3-4,9-10H,5-8H2,1-2H3,(H2,19,20,21). The Morgan fingerprint density at radius 1 is 1.30 bits per heavy atom. The summed E-state index contributed by atoms with van der Waals surface area (Å²) in [6, 6.07) is 5.83. The van der Waals surface area contributed by atoms with Gasteiger partial charge >= 0.3 is 0 Å². The summed E-state index contributed by atoms with van der Waals surface area (Å²) in [5, 5.41) is 8.52. The van der Waals surface area contributed by atoms with Crippen molar-refractivity contribution in [3.8, 4) is 0 Å². The number of rotatable bonds is 6. The summed E-state index contributed by atoms with van der Waals surface area (Å²) in [5.41, 5.74) is 1.18. The zero-order valence-electron chi connectivity index (χ0n) is 13.2. The van der Waals surface area contributed by atoms with Crippen LogP contribution in [0.25, 0.3) is 0 Å². The molecule has 124 valence electrons. The van der Waals surface area contributed by atoms with Gasteiger partial charge in [0.25, 0.3) is 0 Å². The zero-order chi connectivity index (χ0) is 16.7. The monoisotopic (exact) mass is 414 g/mol. The molecule has 0 saturated heterocycles. The van der Waals surface area contributed by atoms with Crippen molar-refractivity contribution in [3.63, 3.8) is 0 Å². The molecule has 0 amide bonds. The summed E-state index contributed by atoms with van der Waals surface area (Å²) in [7, 11) is 1.78. The molecule has 0 spiro atoms. The normalized spacial score (nSPS) is 11.6. The number of aromatic nitrogens is 1. The maximum Gasteiger partial charge on any atom is 0.191 e. The van der Waals surface area contributed by atoms with Gasteiger partial charge < -0.3 is 10.6 Å². The van der Waals surface area contributed by atoms with Crippen molar-refractivity contribution in [2.45, 2.75) is 19.8 Å². The van der Waals surface area contributed by atoms with Gasteiger partial charge in [0.1, 0.15) is 0 Å². The Balaban J connectivity index is 1.73. The first-order valence-electron chi connectivity index (χ1n) is 7.38. The Hall–Kier alpha value is -1.11. The van der Waals surface area contributed by atoms with Crippen LogP contribution in [0.2, 0.25) is 5.02 Å². The molecule has 0 aliphatic carbocycles. The quantitative estimate of drug-likeness (QED) is 0.557. The first kappa shape index (κ1) is 18.2. The first-order chi connectivity index (χ1) is 11.1. The van der Waals surface area contributed by atoms with E-state index in [1.807, 2.05) is 24.4 Å². The molecular weight excluding hydrogens is 396 g/mol. The molecule has 0 atom stereocenters. The van der Waals surface area contributed by atoms with E-state index in [9.17, 15) is 0 Å².